The number of oxazole rings is 1. The first-order valence-corrected chi connectivity index (χ1v) is 11.4. The molecule has 0 bridgehead atoms. The van der Waals surface area contributed by atoms with Gasteiger partial charge in [-0.25, -0.2) is 9.98 Å². The standard InChI is InChI=1S/C24H37N5O2.HI/c1-5-25-24(28-21-10-12-29(13-11-21)14-15-30-18(2)3)26-16-22-17-31-23(27-22)20-8-6-19(4)7-9-20;/h6-9,17-18,21H,5,10-16H2,1-4H3,(H2,25,26,28);1H. The van der Waals surface area contributed by atoms with Gasteiger partial charge in [-0.1, -0.05) is 17.7 Å². The largest absolute Gasteiger partial charge is 0.444 e. The minimum Gasteiger partial charge on any atom is -0.444 e. The third kappa shape index (κ3) is 8.71. The summed E-state index contributed by atoms with van der Waals surface area (Å²) in [6.45, 7) is 13.6. The number of likely N-dealkylation sites (tertiary alicyclic amines) is 1. The first-order valence-electron chi connectivity index (χ1n) is 11.4. The maximum absolute atomic E-state index is 5.68. The molecular formula is C24H38IN5O2. The molecule has 1 aromatic carbocycles. The van der Waals surface area contributed by atoms with E-state index in [0.29, 0.717) is 24.6 Å². The van der Waals surface area contributed by atoms with Crippen molar-refractivity contribution in [3.8, 4) is 11.5 Å². The van der Waals surface area contributed by atoms with E-state index in [9.17, 15) is 0 Å². The molecule has 2 N–H and O–H groups in total. The summed E-state index contributed by atoms with van der Waals surface area (Å²) in [5, 5.41) is 6.94. The Labute approximate surface area is 209 Å². The smallest absolute Gasteiger partial charge is 0.226 e. The van der Waals surface area contributed by atoms with Gasteiger partial charge in [0.15, 0.2) is 5.96 Å². The van der Waals surface area contributed by atoms with Gasteiger partial charge >= 0.3 is 0 Å². The fourth-order valence-electron chi connectivity index (χ4n) is 3.60. The van der Waals surface area contributed by atoms with E-state index in [1.165, 1.54) is 5.56 Å². The number of ether oxygens (including phenoxy) is 1. The van der Waals surface area contributed by atoms with E-state index in [1.54, 1.807) is 6.26 Å². The van der Waals surface area contributed by atoms with Crippen molar-refractivity contribution in [3.63, 3.8) is 0 Å². The van der Waals surface area contributed by atoms with Crippen molar-refractivity contribution in [1.82, 2.24) is 20.5 Å². The number of halogens is 1. The van der Waals surface area contributed by atoms with Crippen molar-refractivity contribution in [3.05, 3.63) is 41.8 Å². The topological polar surface area (TPSA) is 74.9 Å². The summed E-state index contributed by atoms with van der Waals surface area (Å²) < 4.78 is 11.3. The minimum absolute atomic E-state index is 0. The summed E-state index contributed by atoms with van der Waals surface area (Å²) in [4.78, 5) is 11.8. The Morgan fingerprint density at radius 1 is 1.25 bits per heavy atom. The van der Waals surface area contributed by atoms with E-state index in [-0.39, 0.29) is 24.0 Å². The Balaban J connectivity index is 0.00000363. The number of aromatic nitrogens is 1. The number of nitrogens with one attached hydrogen (secondary N) is 2. The minimum atomic E-state index is 0. The maximum atomic E-state index is 5.68. The molecule has 1 saturated heterocycles. The van der Waals surface area contributed by atoms with Gasteiger partial charge < -0.3 is 24.7 Å². The van der Waals surface area contributed by atoms with Crippen molar-refractivity contribution in [1.29, 1.82) is 0 Å². The molecule has 0 spiro atoms. The van der Waals surface area contributed by atoms with Crippen molar-refractivity contribution < 1.29 is 9.15 Å². The quantitative estimate of drug-likeness (QED) is 0.275. The predicted molar refractivity (Wildman–Crippen MR) is 141 cm³/mol. The van der Waals surface area contributed by atoms with Crippen molar-refractivity contribution in [2.45, 2.75) is 59.2 Å². The molecule has 1 aromatic heterocycles. The summed E-state index contributed by atoms with van der Waals surface area (Å²) >= 11 is 0. The normalized spacial score (nSPS) is 15.6. The number of aryl methyl sites for hydroxylation is 1. The van der Waals surface area contributed by atoms with Crippen LogP contribution in [0.3, 0.4) is 0 Å². The van der Waals surface area contributed by atoms with Gasteiger partial charge in [0, 0.05) is 37.8 Å². The van der Waals surface area contributed by atoms with Gasteiger partial charge in [0.05, 0.1) is 19.3 Å². The Kier molecular flexibility index (Phi) is 11.5. The van der Waals surface area contributed by atoms with E-state index in [1.807, 2.05) is 12.1 Å². The molecule has 0 saturated carbocycles. The number of rotatable bonds is 9. The lowest BCUT2D eigenvalue weighted by Gasteiger charge is -2.33. The Hall–Kier alpha value is -1.65. The maximum Gasteiger partial charge on any atom is 0.226 e. The monoisotopic (exact) mass is 555 g/mol. The summed E-state index contributed by atoms with van der Waals surface area (Å²) in [6.07, 6.45) is 4.21. The van der Waals surface area contributed by atoms with Crippen LogP contribution in [0.15, 0.2) is 39.9 Å². The number of hydrogen-bond donors (Lipinski definition) is 2. The molecule has 7 nitrogen and oxygen atoms in total. The van der Waals surface area contributed by atoms with Crippen molar-refractivity contribution in [2.24, 2.45) is 4.99 Å². The molecule has 1 aliphatic heterocycles. The lowest BCUT2D eigenvalue weighted by atomic mass is 10.1. The Morgan fingerprint density at radius 2 is 1.97 bits per heavy atom. The van der Waals surface area contributed by atoms with Crippen molar-refractivity contribution >= 4 is 29.9 Å². The second-order valence-corrected chi connectivity index (χ2v) is 8.38. The van der Waals surface area contributed by atoms with Crippen LogP contribution in [0.4, 0.5) is 0 Å². The molecule has 32 heavy (non-hydrogen) atoms. The molecule has 0 radical (unpaired) electrons. The number of benzene rings is 1. The third-order valence-corrected chi connectivity index (χ3v) is 5.38. The van der Waals surface area contributed by atoms with Crippen LogP contribution in [0.5, 0.6) is 0 Å². The van der Waals surface area contributed by atoms with E-state index in [2.05, 4.69) is 60.3 Å². The molecule has 178 valence electrons. The molecule has 8 heteroatoms. The summed E-state index contributed by atoms with van der Waals surface area (Å²) in [7, 11) is 0. The number of aliphatic imine (C=N–C) groups is 1. The van der Waals surface area contributed by atoms with E-state index in [0.717, 1.165) is 62.8 Å². The second-order valence-electron chi connectivity index (χ2n) is 8.38. The van der Waals surface area contributed by atoms with Gasteiger partial charge in [-0.05, 0) is 52.7 Å². The highest BCUT2D eigenvalue weighted by atomic mass is 127. The lowest BCUT2D eigenvalue weighted by Crippen LogP contribution is -2.49. The molecule has 2 heterocycles. The average molecular weight is 556 g/mol. The fourth-order valence-corrected chi connectivity index (χ4v) is 3.60. The van der Waals surface area contributed by atoms with Gasteiger partial charge in [0.1, 0.15) is 12.0 Å². The number of hydrogen-bond acceptors (Lipinski definition) is 5. The highest BCUT2D eigenvalue weighted by molar-refractivity contribution is 14.0. The second kappa shape index (κ2) is 13.8. The van der Waals surface area contributed by atoms with Crippen LogP contribution in [0.25, 0.3) is 11.5 Å². The van der Waals surface area contributed by atoms with Gasteiger partial charge in [-0.3, -0.25) is 0 Å². The molecule has 0 unspecified atom stereocenters. The lowest BCUT2D eigenvalue weighted by molar-refractivity contribution is 0.0532. The first kappa shape index (κ1) is 26.6. The molecule has 1 aliphatic rings. The summed E-state index contributed by atoms with van der Waals surface area (Å²) in [6, 6.07) is 8.61. The zero-order valence-corrected chi connectivity index (χ0v) is 22.1. The van der Waals surface area contributed by atoms with E-state index < -0.39 is 0 Å². The molecule has 0 amide bonds. The SMILES string of the molecule is CCNC(=NCc1coc(-c2ccc(C)cc2)n1)NC1CCN(CCOC(C)C)CC1.I. The van der Waals surface area contributed by atoms with Crippen LogP contribution in [-0.4, -0.2) is 60.8 Å². The van der Waals surface area contributed by atoms with Crippen molar-refractivity contribution in [2.75, 3.05) is 32.8 Å². The van der Waals surface area contributed by atoms with Gasteiger partial charge in [0.25, 0.3) is 0 Å². The zero-order chi connectivity index (χ0) is 22.1. The highest BCUT2D eigenvalue weighted by Gasteiger charge is 2.20. The van der Waals surface area contributed by atoms with Crippen LogP contribution in [0.1, 0.15) is 44.9 Å². The van der Waals surface area contributed by atoms with Crippen LogP contribution >= 0.6 is 24.0 Å². The number of nitrogens with zero attached hydrogens (tertiary/aromatic N) is 3. The molecule has 0 aliphatic carbocycles. The van der Waals surface area contributed by atoms with Crippen LogP contribution in [0.2, 0.25) is 0 Å². The molecule has 0 atom stereocenters. The Morgan fingerprint density at radius 3 is 2.62 bits per heavy atom. The average Bonchev–Trinajstić information content (AvgIpc) is 3.23. The highest BCUT2D eigenvalue weighted by Crippen LogP contribution is 2.19. The molecule has 2 aromatic rings. The summed E-state index contributed by atoms with van der Waals surface area (Å²) in [5.41, 5.74) is 3.03. The molecule has 1 fully saturated rings. The first-order chi connectivity index (χ1) is 15.0. The van der Waals surface area contributed by atoms with E-state index >= 15 is 0 Å². The van der Waals surface area contributed by atoms with E-state index in [4.69, 9.17) is 14.1 Å². The summed E-state index contributed by atoms with van der Waals surface area (Å²) in [5.74, 6) is 1.47. The Bertz CT molecular complexity index is 814. The molecular weight excluding hydrogens is 517 g/mol. The van der Waals surface area contributed by atoms with Gasteiger partial charge in [-0.15, -0.1) is 24.0 Å². The van der Waals surface area contributed by atoms with Gasteiger partial charge in [0.2, 0.25) is 5.89 Å². The molecule has 3 rings (SSSR count). The van der Waals surface area contributed by atoms with Crippen LogP contribution in [-0.2, 0) is 11.3 Å². The van der Waals surface area contributed by atoms with Crippen LogP contribution in [0, 0.1) is 6.92 Å². The van der Waals surface area contributed by atoms with Crippen LogP contribution < -0.4 is 10.6 Å². The fraction of sp³-hybridized carbons (Fsp3) is 0.583. The third-order valence-electron chi connectivity index (χ3n) is 5.38. The predicted octanol–water partition coefficient (Wildman–Crippen LogP) is 4.21. The number of guanidine groups is 1. The van der Waals surface area contributed by atoms with Gasteiger partial charge in [-0.2, -0.15) is 0 Å². The number of piperidine rings is 1. The zero-order valence-electron chi connectivity index (χ0n) is 19.8.